The zero-order valence-electron chi connectivity index (χ0n) is 11.2. The second-order valence-corrected chi connectivity index (χ2v) is 3.65. The van der Waals surface area contributed by atoms with Gasteiger partial charge in [-0.3, -0.25) is 10.1 Å². The van der Waals surface area contributed by atoms with Gasteiger partial charge in [-0.05, 0) is 6.42 Å². The molecule has 8 heteroatoms. The molecule has 1 unspecified atom stereocenters. The Labute approximate surface area is 111 Å². The van der Waals surface area contributed by atoms with E-state index in [4.69, 9.17) is 19.9 Å². The summed E-state index contributed by atoms with van der Waals surface area (Å²) >= 11 is 0. The van der Waals surface area contributed by atoms with Crippen molar-refractivity contribution in [3.63, 3.8) is 0 Å². The second kappa shape index (κ2) is 7.49. The Bertz CT molecular complexity index is 405. The lowest BCUT2D eigenvalue weighted by Crippen LogP contribution is -2.37. The highest BCUT2D eigenvalue weighted by molar-refractivity contribution is 5.93. The lowest BCUT2D eigenvalue weighted by atomic mass is 10.2. The van der Waals surface area contributed by atoms with Gasteiger partial charge >= 0.3 is 0 Å². The van der Waals surface area contributed by atoms with E-state index >= 15 is 0 Å². The van der Waals surface area contributed by atoms with E-state index in [2.05, 4.69) is 15.3 Å². The number of amides is 1. The smallest absolute Gasteiger partial charge is 0.243 e. The van der Waals surface area contributed by atoms with Crippen molar-refractivity contribution in [2.75, 3.05) is 33.3 Å². The number of ether oxygens (including phenoxy) is 3. The van der Waals surface area contributed by atoms with Crippen LogP contribution in [0.4, 0.5) is 5.95 Å². The number of hydrogen-bond acceptors (Lipinski definition) is 7. The Morgan fingerprint density at radius 3 is 2.37 bits per heavy atom. The van der Waals surface area contributed by atoms with E-state index in [0.29, 0.717) is 13.0 Å². The van der Waals surface area contributed by atoms with Gasteiger partial charge in [0.05, 0.1) is 26.3 Å². The summed E-state index contributed by atoms with van der Waals surface area (Å²) in [4.78, 5) is 19.7. The van der Waals surface area contributed by atoms with Crippen molar-refractivity contribution < 1.29 is 19.0 Å². The van der Waals surface area contributed by atoms with E-state index in [9.17, 15) is 4.79 Å². The summed E-state index contributed by atoms with van der Waals surface area (Å²) in [5.41, 5.74) is 5.68. The number of rotatable bonds is 7. The summed E-state index contributed by atoms with van der Waals surface area (Å²) in [5.74, 6) is 0.252. The number of carbonyl (C=O) groups excluding carboxylic acids is 1. The zero-order valence-corrected chi connectivity index (χ0v) is 11.2. The summed E-state index contributed by atoms with van der Waals surface area (Å²) in [6.07, 6.45) is 0.406. The van der Waals surface area contributed by atoms with Crippen molar-refractivity contribution >= 4 is 11.9 Å². The summed E-state index contributed by atoms with van der Waals surface area (Å²) in [6.45, 7) is 0.400. The van der Waals surface area contributed by atoms with Gasteiger partial charge in [0.1, 0.15) is 0 Å². The third kappa shape index (κ3) is 4.68. The highest BCUT2D eigenvalue weighted by atomic mass is 16.5. The van der Waals surface area contributed by atoms with Crippen LogP contribution in [0.5, 0.6) is 11.8 Å². The van der Waals surface area contributed by atoms with Gasteiger partial charge in [0.25, 0.3) is 0 Å². The first kappa shape index (κ1) is 15.1. The van der Waals surface area contributed by atoms with Crippen molar-refractivity contribution in [2.45, 2.75) is 12.5 Å². The van der Waals surface area contributed by atoms with Crippen LogP contribution in [0.25, 0.3) is 0 Å². The molecule has 1 aromatic rings. The lowest BCUT2D eigenvalue weighted by molar-refractivity contribution is -0.117. The van der Waals surface area contributed by atoms with E-state index in [0.717, 1.165) is 0 Å². The van der Waals surface area contributed by atoms with Crippen molar-refractivity contribution in [1.29, 1.82) is 0 Å². The number of aromatic nitrogens is 2. The van der Waals surface area contributed by atoms with Gasteiger partial charge in [0.2, 0.25) is 23.6 Å². The molecule has 0 fully saturated rings. The molecule has 0 aromatic carbocycles. The van der Waals surface area contributed by atoms with Gasteiger partial charge in [-0.25, -0.2) is 0 Å². The maximum atomic E-state index is 11.8. The first-order valence-electron chi connectivity index (χ1n) is 5.63. The second-order valence-electron chi connectivity index (χ2n) is 3.65. The van der Waals surface area contributed by atoms with Crippen LogP contribution in [0.3, 0.4) is 0 Å². The number of hydrogen-bond donors (Lipinski definition) is 2. The molecule has 1 heterocycles. The van der Waals surface area contributed by atoms with Gasteiger partial charge in [0.15, 0.2) is 0 Å². The minimum absolute atomic E-state index is 0.0778. The molecule has 1 amide bonds. The molecule has 0 saturated carbocycles. The number of nitrogens with two attached hydrogens (primary N) is 1. The van der Waals surface area contributed by atoms with Crippen molar-refractivity contribution in [3.8, 4) is 11.8 Å². The maximum absolute atomic E-state index is 11.8. The Kier molecular flexibility index (Phi) is 5.97. The summed E-state index contributed by atoms with van der Waals surface area (Å²) < 4.78 is 14.8. The van der Waals surface area contributed by atoms with E-state index in [1.54, 1.807) is 7.11 Å². The number of methoxy groups -OCH3 is 3. The Morgan fingerprint density at radius 2 is 1.89 bits per heavy atom. The highest BCUT2D eigenvalue weighted by Crippen LogP contribution is 2.17. The van der Waals surface area contributed by atoms with Crippen molar-refractivity contribution in [3.05, 3.63) is 6.07 Å². The molecule has 19 heavy (non-hydrogen) atoms. The Morgan fingerprint density at radius 1 is 1.32 bits per heavy atom. The fourth-order valence-corrected chi connectivity index (χ4v) is 1.25. The monoisotopic (exact) mass is 270 g/mol. The SMILES string of the molecule is COCCC(N)C(=O)Nc1nc(OC)cc(OC)n1. The van der Waals surface area contributed by atoms with Gasteiger partial charge < -0.3 is 19.9 Å². The fourth-order valence-electron chi connectivity index (χ4n) is 1.25. The molecule has 0 aliphatic heterocycles. The van der Waals surface area contributed by atoms with Crippen LogP contribution in [0, 0.1) is 0 Å². The van der Waals surface area contributed by atoms with Crippen LogP contribution in [0.15, 0.2) is 6.07 Å². The molecule has 106 valence electrons. The van der Waals surface area contributed by atoms with E-state index < -0.39 is 11.9 Å². The standard InChI is InChI=1S/C11H18N4O4/c1-17-5-4-7(12)10(16)15-11-13-8(18-2)6-9(14-11)19-3/h6-7H,4-5,12H2,1-3H3,(H,13,14,15,16). The third-order valence-electron chi connectivity index (χ3n) is 2.30. The number of nitrogens with one attached hydrogen (secondary N) is 1. The molecule has 1 atom stereocenters. The topological polar surface area (TPSA) is 109 Å². The molecular weight excluding hydrogens is 252 g/mol. The molecule has 0 spiro atoms. The van der Waals surface area contributed by atoms with Gasteiger partial charge in [0, 0.05) is 13.7 Å². The zero-order chi connectivity index (χ0) is 14.3. The number of carbonyl (C=O) groups is 1. The third-order valence-corrected chi connectivity index (χ3v) is 2.30. The fraction of sp³-hybridized carbons (Fsp3) is 0.545. The molecule has 0 aliphatic carbocycles. The lowest BCUT2D eigenvalue weighted by Gasteiger charge is -2.11. The molecule has 1 rings (SSSR count). The molecule has 0 aliphatic rings. The quantitative estimate of drug-likeness (QED) is 0.706. The van der Waals surface area contributed by atoms with Crippen LogP contribution in [-0.4, -0.2) is 49.9 Å². The van der Waals surface area contributed by atoms with E-state index in [1.165, 1.54) is 20.3 Å². The van der Waals surface area contributed by atoms with E-state index in [-0.39, 0.29) is 17.7 Å². The average Bonchev–Trinajstić information content (AvgIpc) is 2.43. The maximum Gasteiger partial charge on any atom is 0.243 e. The summed E-state index contributed by atoms with van der Waals surface area (Å²) in [5, 5.41) is 2.50. The molecule has 0 radical (unpaired) electrons. The summed E-state index contributed by atoms with van der Waals surface area (Å²) in [7, 11) is 4.45. The molecular formula is C11H18N4O4. The average molecular weight is 270 g/mol. The molecule has 0 saturated heterocycles. The van der Waals surface area contributed by atoms with E-state index in [1.807, 2.05) is 0 Å². The predicted molar refractivity (Wildman–Crippen MR) is 68.2 cm³/mol. The molecule has 1 aromatic heterocycles. The van der Waals surface area contributed by atoms with Gasteiger partial charge in [-0.2, -0.15) is 9.97 Å². The predicted octanol–water partition coefficient (Wildman–Crippen LogP) is -0.204. The Hall–Kier alpha value is -1.93. The minimum Gasteiger partial charge on any atom is -0.481 e. The van der Waals surface area contributed by atoms with Crippen LogP contribution < -0.4 is 20.5 Å². The molecule has 3 N–H and O–H groups in total. The van der Waals surface area contributed by atoms with Crippen LogP contribution in [-0.2, 0) is 9.53 Å². The van der Waals surface area contributed by atoms with Crippen LogP contribution in [0.1, 0.15) is 6.42 Å². The van der Waals surface area contributed by atoms with Gasteiger partial charge in [-0.1, -0.05) is 0 Å². The van der Waals surface area contributed by atoms with Crippen LogP contribution >= 0.6 is 0 Å². The minimum atomic E-state index is -0.694. The van der Waals surface area contributed by atoms with Crippen molar-refractivity contribution in [1.82, 2.24) is 9.97 Å². The first-order chi connectivity index (χ1) is 9.10. The normalized spacial score (nSPS) is 11.8. The molecule has 0 bridgehead atoms. The summed E-state index contributed by atoms with van der Waals surface area (Å²) in [6, 6.07) is 0.807. The largest absolute Gasteiger partial charge is 0.481 e. The number of nitrogens with zero attached hydrogens (tertiary/aromatic N) is 2. The van der Waals surface area contributed by atoms with Gasteiger partial charge in [-0.15, -0.1) is 0 Å². The van der Waals surface area contributed by atoms with Crippen LogP contribution in [0.2, 0.25) is 0 Å². The first-order valence-corrected chi connectivity index (χ1v) is 5.63. The van der Waals surface area contributed by atoms with Crippen molar-refractivity contribution in [2.24, 2.45) is 5.73 Å². The highest BCUT2D eigenvalue weighted by Gasteiger charge is 2.15. The number of anilines is 1. The Balaban J connectivity index is 2.72. The molecule has 8 nitrogen and oxygen atoms in total.